The van der Waals surface area contributed by atoms with E-state index in [2.05, 4.69) is 32.5 Å². The molecule has 2 aromatic rings. The third-order valence-corrected chi connectivity index (χ3v) is 3.25. The van der Waals surface area contributed by atoms with Crippen molar-refractivity contribution in [2.45, 2.75) is 13.5 Å². The van der Waals surface area contributed by atoms with E-state index in [0.29, 0.717) is 18.3 Å². The molecule has 1 saturated heterocycles. The minimum absolute atomic E-state index is 0.530. The lowest BCUT2D eigenvalue weighted by atomic mass is 10.2. The van der Waals surface area contributed by atoms with Gasteiger partial charge in [0.15, 0.2) is 0 Å². The second-order valence-corrected chi connectivity index (χ2v) is 4.68. The molecule has 1 aliphatic heterocycles. The van der Waals surface area contributed by atoms with E-state index in [1.54, 1.807) is 6.92 Å². The van der Waals surface area contributed by atoms with Crippen LogP contribution in [-0.4, -0.2) is 36.5 Å². The van der Waals surface area contributed by atoms with Crippen molar-refractivity contribution < 1.29 is 9.15 Å². The Hall–Kier alpha value is -2.08. The van der Waals surface area contributed by atoms with Crippen LogP contribution in [0.3, 0.4) is 0 Å². The number of morpholine rings is 1. The molecule has 0 amide bonds. The van der Waals surface area contributed by atoms with Crippen molar-refractivity contribution in [3.05, 3.63) is 36.0 Å². The smallest absolute Gasteiger partial charge is 0.235 e. The molecule has 6 nitrogen and oxygen atoms in total. The van der Waals surface area contributed by atoms with Gasteiger partial charge in [0.25, 0.3) is 0 Å². The Labute approximate surface area is 117 Å². The van der Waals surface area contributed by atoms with Gasteiger partial charge in [-0.25, -0.2) is 0 Å². The molecule has 1 aromatic carbocycles. The maximum absolute atomic E-state index is 5.40. The molecule has 2 heterocycles. The summed E-state index contributed by atoms with van der Waals surface area (Å²) in [5.74, 6) is 1.18. The minimum atomic E-state index is 0.530. The van der Waals surface area contributed by atoms with Crippen LogP contribution in [0.4, 0.5) is 11.4 Å². The van der Waals surface area contributed by atoms with Gasteiger partial charge in [0, 0.05) is 20.0 Å². The third kappa shape index (κ3) is 2.91. The highest BCUT2D eigenvalue weighted by Gasteiger charge is 2.14. The quantitative estimate of drug-likeness (QED) is 0.917. The second-order valence-electron chi connectivity index (χ2n) is 4.68. The zero-order valence-electron chi connectivity index (χ0n) is 11.5. The van der Waals surface area contributed by atoms with E-state index in [0.717, 1.165) is 32.0 Å². The minimum Gasteiger partial charge on any atom is -0.424 e. The largest absolute Gasteiger partial charge is 0.424 e. The van der Waals surface area contributed by atoms with Gasteiger partial charge in [-0.2, -0.15) is 0 Å². The number of benzene rings is 1. The molecule has 1 N–H and O–H groups in total. The third-order valence-electron chi connectivity index (χ3n) is 3.25. The summed E-state index contributed by atoms with van der Waals surface area (Å²) in [5.41, 5.74) is 2.26. The number of ether oxygens (including phenoxy) is 1. The monoisotopic (exact) mass is 274 g/mol. The molecule has 6 heteroatoms. The van der Waals surface area contributed by atoms with E-state index in [9.17, 15) is 0 Å². The number of aromatic nitrogens is 2. The Morgan fingerprint density at radius 3 is 2.75 bits per heavy atom. The first-order chi connectivity index (χ1) is 9.83. The molecule has 0 spiro atoms. The van der Waals surface area contributed by atoms with Gasteiger partial charge in [0.1, 0.15) is 0 Å². The first-order valence-corrected chi connectivity index (χ1v) is 6.77. The predicted molar refractivity (Wildman–Crippen MR) is 75.8 cm³/mol. The lowest BCUT2D eigenvalue weighted by molar-refractivity contribution is 0.123. The van der Waals surface area contributed by atoms with Crippen LogP contribution >= 0.6 is 0 Å². The van der Waals surface area contributed by atoms with Crippen LogP contribution in [0.2, 0.25) is 0 Å². The molecule has 0 atom stereocenters. The van der Waals surface area contributed by atoms with E-state index in [1.807, 2.05) is 12.1 Å². The van der Waals surface area contributed by atoms with E-state index < -0.39 is 0 Å². The van der Waals surface area contributed by atoms with Crippen LogP contribution in [0.5, 0.6) is 0 Å². The summed E-state index contributed by atoms with van der Waals surface area (Å²) < 4.78 is 10.8. The first kappa shape index (κ1) is 12.9. The Bertz CT molecular complexity index is 564. The summed E-state index contributed by atoms with van der Waals surface area (Å²) in [6.45, 7) is 5.70. The molecule has 1 aliphatic rings. The van der Waals surface area contributed by atoms with Crippen molar-refractivity contribution in [1.29, 1.82) is 0 Å². The Kier molecular flexibility index (Phi) is 3.83. The van der Waals surface area contributed by atoms with E-state index in [4.69, 9.17) is 9.15 Å². The molecule has 0 unspecified atom stereocenters. The molecule has 1 aromatic heterocycles. The molecular formula is C14H18N4O2. The van der Waals surface area contributed by atoms with E-state index in [1.165, 1.54) is 5.69 Å². The number of rotatable bonds is 4. The topological polar surface area (TPSA) is 63.4 Å². The summed E-state index contributed by atoms with van der Waals surface area (Å²) >= 11 is 0. The Morgan fingerprint density at radius 1 is 1.20 bits per heavy atom. The van der Waals surface area contributed by atoms with Crippen molar-refractivity contribution in [2.24, 2.45) is 0 Å². The number of anilines is 2. The van der Waals surface area contributed by atoms with E-state index in [-0.39, 0.29) is 0 Å². The SMILES string of the molecule is Cc1nnc(CNc2ccccc2N2CCOCC2)o1. The normalized spacial score (nSPS) is 15.3. The molecule has 0 radical (unpaired) electrons. The van der Waals surface area contributed by atoms with Crippen LogP contribution in [0.1, 0.15) is 11.8 Å². The highest BCUT2D eigenvalue weighted by Crippen LogP contribution is 2.26. The number of aryl methyl sites for hydroxylation is 1. The van der Waals surface area contributed by atoms with Gasteiger partial charge in [-0.05, 0) is 12.1 Å². The van der Waals surface area contributed by atoms with Gasteiger partial charge in [0.2, 0.25) is 11.8 Å². The molecule has 0 saturated carbocycles. The number of nitrogens with zero attached hydrogens (tertiary/aromatic N) is 3. The molecule has 3 rings (SSSR count). The maximum Gasteiger partial charge on any atom is 0.235 e. The van der Waals surface area contributed by atoms with Gasteiger partial charge in [-0.1, -0.05) is 12.1 Å². The Balaban J connectivity index is 1.72. The summed E-state index contributed by atoms with van der Waals surface area (Å²) in [4.78, 5) is 2.32. The lowest BCUT2D eigenvalue weighted by Gasteiger charge is -2.30. The number of hydrogen-bond acceptors (Lipinski definition) is 6. The van der Waals surface area contributed by atoms with Gasteiger partial charge in [-0.15, -0.1) is 10.2 Å². The van der Waals surface area contributed by atoms with Gasteiger partial charge < -0.3 is 19.4 Å². The van der Waals surface area contributed by atoms with Crippen LogP contribution in [-0.2, 0) is 11.3 Å². The summed E-state index contributed by atoms with van der Waals surface area (Å²) in [6, 6.07) is 8.25. The van der Waals surface area contributed by atoms with Crippen LogP contribution in [0.15, 0.2) is 28.7 Å². The fourth-order valence-electron chi connectivity index (χ4n) is 2.28. The molecule has 1 fully saturated rings. The first-order valence-electron chi connectivity index (χ1n) is 6.77. The van der Waals surface area contributed by atoms with Crippen molar-refractivity contribution in [3.8, 4) is 0 Å². The lowest BCUT2D eigenvalue weighted by Crippen LogP contribution is -2.36. The van der Waals surface area contributed by atoms with Crippen LogP contribution in [0, 0.1) is 6.92 Å². The zero-order chi connectivity index (χ0) is 13.8. The highest BCUT2D eigenvalue weighted by atomic mass is 16.5. The molecule has 0 bridgehead atoms. The van der Waals surface area contributed by atoms with Crippen LogP contribution < -0.4 is 10.2 Å². The van der Waals surface area contributed by atoms with E-state index >= 15 is 0 Å². The zero-order valence-corrected chi connectivity index (χ0v) is 11.5. The van der Waals surface area contributed by atoms with Crippen LogP contribution in [0.25, 0.3) is 0 Å². The van der Waals surface area contributed by atoms with Gasteiger partial charge in [-0.3, -0.25) is 0 Å². The standard InChI is InChI=1S/C14H18N4O2/c1-11-16-17-14(20-11)10-15-12-4-2-3-5-13(12)18-6-8-19-9-7-18/h2-5,15H,6-10H2,1H3. The summed E-state index contributed by atoms with van der Waals surface area (Å²) in [5, 5.41) is 11.2. The summed E-state index contributed by atoms with van der Waals surface area (Å²) in [6.07, 6.45) is 0. The fraction of sp³-hybridized carbons (Fsp3) is 0.429. The van der Waals surface area contributed by atoms with Gasteiger partial charge >= 0.3 is 0 Å². The highest BCUT2D eigenvalue weighted by molar-refractivity contribution is 5.70. The predicted octanol–water partition coefficient (Wildman–Crippen LogP) is 1.83. The Morgan fingerprint density at radius 2 is 2.00 bits per heavy atom. The molecule has 0 aliphatic carbocycles. The number of para-hydroxylation sites is 2. The second kappa shape index (κ2) is 5.92. The summed E-state index contributed by atoms with van der Waals surface area (Å²) in [7, 11) is 0. The van der Waals surface area contributed by atoms with Crippen molar-refractivity contribution in [2.75, 3.05) is 36.5 Å². The number of nitrogens with one attached hydrogen (secondary N) is 1. The molecule has 106 valence electrons. The van der Waals surface area contributed by atoms with Crippen molar-refractivity contribution in [1.82, 2.24) is 10.2 Å². The van der Waals surface area contributed by atoms with Gasteiger partial charge in [0.05, 0.1) is 31.1 Å². The fourth-order valence-corrected chi connectivity index (χ4v) is 2.28. The molecular weight excluding hydrogens is 256 g/mol. The maximum atomic E-state index is 5.40. The van der Waals surface area contributed by atoms with Crippen molar-refractivity contribution >= 4 is 11.4 Å². The average Bonchev–Trinajstić information content (AvgIpc) is 2.92. The van der Waals surface area contributed by atoms with Crippen molar-refractivity contribution in [3.63, 3.8) is 0 Å². The molecule has 20 heavy (non-hydrogen) atoms. The number of hydrogen-bond donors (Lipinski definition) is 1. The average molecular weight is 274 g/mol.